The topological polar surface area (TPSA) is 64.4 Å². The highest BCUT2D eigenvalue weighted by atomic mass is 35.5. The van der Waals surface area contributed by atoms with Gasteiger partial charge in [0.2, 0.25) is 5.91 Å². The number of halogens is 1. The minimum Gasteiger partial charge on any atom is -0.489 e. The van der Waals surface area contributed by atoms with Crippen LogP contribution >= 0.6 is 12.4 Å². The summed E-state index contributed by atoms with van der Waals surface area (Å²) in [7, 11) is 0. The number of amides is 1. The van der Waals surface area contributed by atoms with Crippen LogP contribution in [0.2, 0.25) is 0 Å². The van der Waals surface area contributed by atoms with Gasteiger partial charge in [-0.3, -0.25) is 4.79 Å². The van der Waals surface area contributed by atoms with Crippen molar-refractivity contribution in [1.82, 2.24) is 5.32 Å². The quantitative estimate of drug-likeness (QED) is 0.818. The highest BCUT2D eigenvalue weighted by Crippen LogP contribution is 2.12. The van der Waals surface area contributed by atoms with Gasteiger partial charge in [-0.15, -0.1) is 12.4 Å². The van der Waals surface area contributed by atoms with Gasteiger partial charge in [-0.1, -0.05) is 42.5 Å². The van der Waals surface area contributed by atoms with Gasteiger partial charge in [-0.05, 0) is 30.2 Å². The highest BCUT2D eigenvalue weighted by Gasteiger charge is 2.04. The van der Waals surface area contributed by atoms with Crippen molar-refractivity contribution in [2.75, 3.05) is 0 Å². The van der Waals surface area contributed by atoms with Crippen LogP contribution in [0.5, 0.6) is 5.75 Å². The van der Waals surface area contributed by atoms with Crippen LogP contribution in [-0.4, -0.2) is 11.9 Å². The lowest BCUT2D eigenvalue weighted by molar-refractivity contribution is -0.121. The van der Waals surface area contributed by atoms with E-state index in [1.54, 1.807) is 0 Å². The van der Waals surface area contributed by atoms with E-state index in [1.165, 1.54) is 0 Å². The molecule has 0 aliphatic heterocycles. The third-order valence-corrected chi connectivity index (χ3v) is 3.17. The van der Waals surface area contributed by atoms with Crippen molar-refractivity contribution >= 4 is 18.3 Å². The van der Waals surface area contributed by atoms with Gasteiger partial charge in [0.1, 0.15) is 12.4 Å². The van der Waals surface area contributed by atoms with Crippen molar-refractivity contribution in [1.29, 1.82) is 0 Å². The third kappa shape index (κ3) is 7.17. The molecule has 124 valence electrons. The molecule has 23 heavy (non-hydrogen) atoms. The van der Waals surface area contributed by atoms with Crippen LogP contribution in [-0.2, 0) is 17.9 Å². The summed E-state index contributed by atoms with van der Waals surface area (Å²) in [6.45, 7) is 2.87. The molecule has 2 rings (SSSR count). The Labute approximate surface area is 143 Å². The molecule has 2 aromatic carbocycles. The zero-order chi connectivity index (χ0) is 15.8. The third-order valence-electron chi connectivity index (χ3n) is 3.17. The van der Waals surface area contributed by atoms with Crippen LogP contribution in [0.4, 0.5) is 0 Å². The molecule has 0 fully saturated rings. The first-order valence-corrected chi connectivity index (χ1v) is 7.41. The Bertz CT molecular complexity index is 586. The van der Waals surface area contributed by atoms with Crippen LogP contribution in [0, 0.1) is 0 Å². The van der Waals surface area contributed by atoms with E-state index < -0.39 is 0 Å². The molecule has 0 heterocycles. The number of hydrogen-bond acceptors (Lipinski definition) is 3. The maximum absolute atomic E-state index is 11.5. The van der Waals surface area contributed by atoms with Crippen LogP contribution in [0.1, 0.15) is 24.5 Å². The monoisotopic (exact) mass is 334 g/mol. The largest absolute Gasteiger partial charge is 0.489 e. The Balaban J connectivity index is 0.00000264. The number of para-hydroxylation sites is 1. The minimum atomic E-state index is -0.113. The lowest BCUT2D eigenvalue weighted by Gasteiger charge is -2.09. The molecule has 1 atom stereocenters. The van der Waals surface area contributed by atoms with E-state index in [-0.39, 0.29) is 24.4 Å². The maximum Gasteiger partial charge on any atom is 0.221 e. The lowest BCUT2D eigenvalue weighted by atomic mass is 10.1. The van der Waals surface area contributed by atoms with Gasteiger partial charge in [0.05, 0.1) is 0 Å². The summed E-state index contributed by atoms with van der Waals surface area (Å²) >= 11 is 0. The van der Waals surface area contributed by atoms with E-state index in [2.05, 4.69) is 5.32 Å². The van der Waals surface area contributed by atoms with Crippen molar-refractivity contribution in [2.24, 2.45) is 5.73 Å². The normalized spacial score (nSPS) is 11.2. The number of hydrogen-bond donors (Lipinski definition) is 2. The number of carbonyl (C=O) groups excluding carboxylic acids is 1. The molecule has 1 amide bonds. The molecule has 0 aromatic heterocycles. The van der Waals surface area contributed by atoms with E-state index in [4.69, 9.17) is 10.5 Å². The summed E-state index contributed by atoms with van der Waals surface area (Å²) < 4.78 is 5.69. The van der Waals surface area contributed by atoms with E-state index in [0.29, 0.717) is 19.6 Å². The summed E-state index contributed by atoms with van der Waals surface area (Å²) in [5.41, 5.74) is 7.74. The molecule has 0 saturated carbocycles. The molecule has 0 spiro atoms. The number of benzene rings is 2. The minimum absolute atomic E-state index is 0. The second-order valence-corrected chi connectivity index (χ2v) is 5.38. The van der Waals surface area contributed by atoms with Crippen LogP contribution in [0.15, 0.2) is 54.6 Å². The molecule has 3 N–H and O–H groups in total. The highest BCUT2D eigenvalue weighted by molar-refractivity contribution is 5.85. The van der Waals surface area contributed by atoms with E-state index in [1.807, 2.05) is 61.5 Å². The molecule has 1 unspecified atom stereocenters. The summed E-state index contributed by atoms with van der Waals surface area (Å²) in [5, 5.41) is 2.86. The van der Waals surface area contributed by atoms with Gasteiger partial charge in [0.25, 0.3) is 0 Å². The van der Waals surface area contributed by atoms with E-state index in [9.17, 15) is 4.79 Å². The van der Waals surface area contributed by atoms with Crippen molar-refractivity contribution in [3.8, 4) is 5.75 Å². The molecule has 0 radical (unpaired) electrons. The molecule has 0 saturated heterocycles. The molecule has 0 aliphatic rings. The van der Waals surface area contributed by atoms with Crippen LogP contribution < -0.4 is 15.8 Å². The first-order valence-electron chi connectivity index (χ1n) is 7.41. The van der Waals surface area contributed by atoms with E-state index >= 15 is 0 Å². The Kier molecular flexibility index (Phi) is 8.16. The van der Waals surface area contributed by atoms with Gasteiger partial charge < -0.3 is 15.8 Å². The van der Waals surface area contributed by atoms with Crippen LogP contribution in [0.3, 0.4) is 0 Å². The van der Waals surface area contributed by atoms with Gasteiger partial charge in [0, 0.05) is 19.0 Å². The molecular formula is C18H23ClN2O2. The molecule has 4 nitrogen and oxygen atoms in total. The predicted molar refractivity (Wildman–Crippen MR) is 94.6 cm³/mol. The second-order valence-electron chi connectivity index (χ2n) is 5.38. The number of ether oxygens (including phenoxy) is 1. The molecule has 0 bridgehead atoms. The second kappa shape index (κ2) is 9.87. The molecular weight excluding hydrogens is 312 g/mol. The summed E-state index contributed by atoms with van der Waals surface area (Å²) in [5.74, 6) is 0.834. The molecule has 5 heteroatoms. The summed E-state index contributed by atoms with van der Waals surface area (Å²) in [4.78, 5) is 11.5. The maximum atomic E-state index is 11.5. The first-order chi connectivity index (χ1) is 10.6. The van der Waals surface area contributed by atoms with Crippen molar-refractivity contribution in [2.45, 2.75) is 32.5 Å². The number of nitrogens with two attached hydrogens (primary N) is 1. The van der Waals surface area contributed by atoms with Gasteiger partial charge in [0.15, 0.2) is 0 Å². The fraction of sp³-hybridized carbons (Fsp3) is 0.278. The van der Waals surface area contributed by atoms with Crippen molar-refractivity contribution in [3.63, 3.8) is 0 Å². The Morgan fingerprint density at radius 3 is 2.30 bits per heavy atom. The molecule has 0 aliphatic carbocycles. The average molecular weight is 335 g/mol. The summed E-state index contributed by atoms with van der Waals surface area (Å²) in [6, 6.07) is 17.6. The van der Waals surface area contributed by atoms with Crippen molar-refractivity contribution < 1.29 is 9.53 Å². The Morgan fingerprint density at radius 2 is 1.70 bits per heavy atom. The zero-order valence-electron chi connectivity index (χ0n) is 13.2. The molecule has 2 aromatic rings. The first kappa shape index (κ1) is 19.0. The Morgan fingerprint density at radius 1 is 1.09 bits per heavy atom. The standard InChI is InChI=1S/C18H22N2O2.ClH/c1-14(19)11-18(21)20-12-15-7-9-16(10-8-15)13-22-17-5-3-2-4-6-17;/h2-10,14H,11-13,19H2,1H3,(H,20,21);1H. The van der Waals surface area contributed by atoms with Crippen LogP contribution in [0.25, 0.3) is 0 Å². The fourth-order valence-corrected chi connectivity index (χ4v) is 2.00. The SMILES string of the molecule is CC(N)CC(=O)NCc1ccc(COc2ccccc2)cc1.Cl. The predicted octanol–water partition coefficient (Wildman–Crippen LogP) is 3.04. The smallest absolute Gasteiger partial charge is 0.221 e. The van der Waals surface area contributed by atoms with Gasteiger partial charge in [-0.25, -0.2) is 0 Å². The van der Waals surface area contributed by atoms with Gasteiger partial charge >= 0.3 is 0 Å². The zero-order valence-corrected chi connectivity index (χ0v) is 14.0. The Hall–Kier alpha value is -2.04. The fourth-order valence-electron chi connectivity index (χ4n) is 2.00. The van der Waals surface area contributed by atoms with Gasteiger partial charge in [-0.2, -0.15) is 0 Å². The number of rotatable bonds is 7. The van der Waals surface area contributed by atoms with E-state index in [0.717, 1.165) is 16.9 Å². The number of carbonyl (C=O) groups is 1. The lowest BCUT2D eigenvalue weighted by Crippen LogP contribution is -2.29. The number of nitrogens with one attached hydrogen (secondary N) is 1. The summed E-state index contributed by atoms with van der Waals surface area (Å²) in [6.07, 6.45) is 0.350. The average Bonchev–Trinajstić information content (AvgIpc) is 2.52. The van der Waals surface area contributed by atoms with Crippen molar-refractivity contribution in [3.05, 3.63) is 65.7 Å².